The van der Waals surface area contributed by atoms with Gasteiger partial charge in [0.05, 0.1) is 0 Å². The summed E-state index contributed by atoms with van der Waals surface area (Å²) in [6, 6.07) is 14.6. The fourth-order valence-corrected chi connectivity index (χ4v) is 2.08. The topological polar surface area (TPSA) is 26.0 Å². The van der Waals surface area contributed by atoms with E-state index in [0.29, 0.717) is 5.89 Å². The minimum absolute atomic E-state index is 0.651. The van der Waals surface area contributed by atoms with Crippen molar-refractivity contribution in [1.82, 2.24) is 4.98 Å². The second-order valence-electron chi connectivity index (χ2n) is 4.60. The third-order valence-electron chi connectivity index (χ3n) is 3.10. The number of fused-ring (bicyclic) bond motifs is 1. The lowest BCUT2D eigenvalue weighted by atomic mass is 10.0. The van der Waals surface area contributed by atoms with Crippen molar-refractivity contribution in [2.24, 2.45) is 0 Å². The molecule has 0 aliphatic rings. The Morgan fingerprint density at radius 3 is 2.47 bits per heavy atom. The van der Waals surface area contributed by atoms with E-state index in [-0.39, 0.29) is 0 Å². The SMILES string of the molecule is CC=Cc1nc2cc(-c3ccc(C)cc3)ccc2o1. The van der Waals surface area contributed by atoms with E-state index in [0.717, 1.165) is 16.7 Å². The van der Waals surface area contributed by atoms with Gasteiger partial charge in [-0.3, -0.25) is 0 Å². The Kier molecular flexibility index (Phi) is 2.92. The van der Waals surface area contributed by atoms with Crippen molar-refractivity contribution in [2.75, 3.05) is 0 Å². The van der Waals surface area contributed by atoms with Crippen molar-refractivity contribution in [2.45, 2.75) is 13.8 Å². The lowest BCUT2D eigenvalue weighted by Crippen LogP contribution is -1.79. The molecule has 0 saturated heterocycles. The number of nitrogens with zero attached hydrogens (tertiary/aromatic N) is 1. The number of hydrogen-bond acceptors (Lipinski definition) is 2. The molecular formula is C17H15NO. The average Bonchev–Trinajstić information content (AvgIpc) is 2.81. The van der Waals surface area contributed by atoms with Crippen molar-refractivity contribution in [3.8, 4) is 11.1 Å². The minimum Gasteiger partial charge on any atom is -0.437 e. The third kappa shape index (κ3) is 2.29. The molecule has 0 unspecified atom stereocenters. The molecule has 0 atom stereocenters. The Hall–Kier alpha value is -2.35. The Morgan fingerprint density at radius 2 is 1.74 bits per heavy atom. The molecular weight excluding hydrogens is 234 g/mol. The number of rotatable bonds is 2. The summed E-state index contributed by atoms with van der Waals surface area (Å²) in [5, 5.41) is 0. The summed E-state index contributed by atoms with van der Waals surface area (Å²) in [6.45, 7) is 4.04. The van der Waals surface area contributed by atoms with Crippen LogP contribution in [0.1, 0.15) is 18.4 Å². The highest BCUT2D eigenvalue weighted by molar-refractivity contribution is 5.81. The maximum Gasteiger partial charge on any atom is 0.219 e. The van der Waals surface area contributed by atoms with Gasteiger partial charge in [0.15, 0.2) is 5.58 Å². The van der Waals surface area contributed by atoms with Crippen molar-refractivity contribution < 1.29 is 4.42 Å². The van der Waals surface area contributed by atoms with Gasteiger partial charge in [-0.1, -0.05) is 42.0 Å². The van der Waals surface area contributed by atoms with Crippen LogP contribution in [0.15, 0.2) is 53.0 Å². The van der Waals surface area contributed by atoms with Crippen LogP contribution < -0.4 is 0 Å². The molecule has 2 aromatic carbocycles. The number of hydrogen-bond donors (Lipinski definition) is 0. The van der Waals surface area contributed by atoms with E-state index in [1.807, 2.05) is 25.1 Å². The maximum atomic E-state index is 5.62. The molecule has 0 N–H and O–H groups in total. The van der Waals surface area contributed by atoms with Crippen LogP contribution in [0.5, 0.6) is 0 Å². The third-order valence-corrected chi connectivity index (χ3v) is 3.10. The molecule has 0 amide bonds. The predicted molar refractivity (Wildman–Crippen MR) is 78.9 cm³/mol. The van der Waals surface area contributed by atoms with E-state index in [2.05, 4.69) is 48.3 Å². The summed E-state index contributed by atoms with van der Waals surface area (Å²) < 4.78 is 5.62. The summed E-state index contributed by atoms with van der Waals surface area (Å²) in [7, 11) is 0. The summed E-state index contributed by atoms with van der Waals surface area (Å²) in [4.78, 5) is 4.45. The zero-order valence-corrected chi connectivity index (χ0v) is 11.1. The van der Waals surface area contributed by atoms with Gasteiger partial charge in [-0.15, -0.1) is 0 Å². The van der Waals surface area contributed by atoms with Crippen LogP contribution in [0.4, 0.5) is 0 Å². The van der Waals surface area contributed by atoms with Crippen LogP contribution in [0, 0.1) is 6.92 Å². The minimum atomic E-state index is 0.651. The molecule has 0 radical (unpaired) electrons. The van der Waals surface area contributed by atoms with Gasteiger partial charge >= 0.3 is 0 Å². The number of benzene rings is 2. The van der Waals surface area contributed by atoms with Gasteiger partial charge < -0.3 is 4.42 Å². The second kappa shape index (κ2) is 4.73. The number of allylic oxidation sites excluding steroid dienone is 1. The van der Waals surface area contributed by atoms with E-state index in [1.165, 1.54) is 11.1 Å². The zero-order chi connectivity index (χ0) is 13.2. The first-order valence-electron chi connectivity index (χ1n) is 6.36. The predicted octanol–water partition coefficient (Wildman–Crippen LogP) is 4.84. The van der Waals surface area contributed by atoms with Gasteiger partial charge in [0.25, 0.3) is 0 Å². The van der Waals surface area contributed by atoms with Crippen molar-refractivity contribution in [3.63, 3.8) is 0 Å². The Morgan fingerprint density at radius 1 is 1.00 bits per heavy atom. The lowest BCUT2D eigenvalue weighted by molar-refractivity contribution is 0.589. The molecule has 1 aromatic heterocycles. The Balaban J connectivity index is 2.08. The van der Waals surface area contributed by atoms with E-state index in [4.69, 9.17) is 4.42 Å². The van der Waals surface area contributed by atoms with Crippen LogP contribution in [-0.4, -0.2) is 4.98 Å². The van der Waals surface area contributed by atoms with Gasteiger partial charge in [0.1, 0.15) is 5.52 Å². The highest BCUT2D eigenvalue weighted by atomic mass is 16.3. The van der Waals surface area contributed by atoms with Gasteiger partial charge in [0.2, 0.25) is 5.89 Å². The molecule has 0 aliphatic heterocycles. The van der Waals surface area contributed by atoms with E-state index in [1.54, 1.807) is 0 Å². The van der Waals surface area contributed by atoms with Gasteiger partial charge in [-0.25, -0.2) is 4.98 Å². The van der Waals surface area contributed by atoms with Crippen LogP contribution in [0.2, 0.25) is 0 Å². The molecule has 0 aliphatic carbocycles. The summed E-state index contributed by atoms with van der Waals surface area (Å²) in [5.41, 5.74) is 5.34. The van der Waals surface area contributed by atoms with Crippen LogP contribution in [0.25, 0.3) is 28.3 Å². The molecule has 1 heterocycles. The van der Waals surface area contributed by atoms with Crippen molar-refractivity contribution >= 4 is 17.2 Å². The van der Waals surface area contributed by atoms with Gasteiger partial charge in [-0.2, -0.15) is 0 Å². The summed E-state index contributed by atoms with van der Waals surface area (Å²) in [5.74, 6) is 0.651. The van der Waals surface area contributed by atoms with Crippen molar-refractivity contribution in [3.05, 3.63) is 60.0 Å². The molecule has 0 saturated carbocycles. The molecule has 3 aromatic rings. The summed E-state index contributed by atoms with van der Waals surface area (Å²) in [6.07, 6.45) is 3.79. The monoisotopic (exact) mass is 249 g/mol. The first-order chi connectivity index (χ1) is 9.26. The molecule has 2 nitrogen and oxygen atoms in total. The first-order valence-corrected chi connectivity index (χ1v) is 6.36. The fourth-order valence-electron chi connectivity index (χ4n) is 2.08. The van der Waals surface area contributed by atoms with Gasteiger partial charge in [-0.05, 0) is 43.2 Å². The van der Waals surface area contributed by atoms with Crippen molar-refractivity contribution in [1.29, 1.82) is 0 Å². The molecule has 0 fully saturated rings. The van der Waals surface area contributed by atoms with E-state index < -0.39 is 0 Å². The normalized spacial score (nSPS) is 11.5. The lowest BCUT2D eigenvalue weighted by Gasteiger charge is -2.01. The standard InChI is InChI=1S/C17H15NO/c1-3-4-17-18-15-11-14(9-10-16(15)19-17)13-7-5-12(2)6-8-13/h3-11H,1-2H3. The van der Waals surface area contributed by atoms with E-state index in [9.17, 15) is 0 Å². The number of aromatic nitrogens is 1. The second-order valence-corrected chi connectivity index (χ2v) is 4.60. The average molecular weight is 249 g/mol. The molecule has 19 heavy (non-hydrogen) atoms. The largest absolute Gasteiger partial charge is 0.437 e. The maximum absolute atomic E-state index is 5.62. The zero-order valence-electron chi connectivity index (χ0n) is 11.1. The van der Waals surface area contributed by atoms with E-state index >= 15 is 0 Å². The van der Waals surface area contributed by atoms with Gasteiger partial charge in [0, 0.05) is 0 Å². The molecule has 94 valence electrons. The number of aryl methyl sites for hydroxylation is 1. The molecule has 3 rings (SSSR count). The Bertz CT molecular complexity index is 736. The number of oxazole rings is 1. The molecule has 0 spiro atoms. The first kappa shape index (κ1) is 11.7. The molecule has 2 heteroatoms. The van der Waals surface area contributed by atoms with Crippen LogP contribution in [0.3, 0.4) is 0 Å². The Labute approximate surface area is 112 Å². The highest BCUT2D eigenvalue weighted by Gasteiger charge is 2.05. The fraction of sp³-hybridized carbons (Fsp3) is 0.118. The van der Waals surface area contributed by atoms with Crippen LogP contribution >= 0.6 is 0 Å². The smallest absolute Gasteiger partial charge is 0.219 e. The highest BCUT2D eigenvalue weighted by Crippen LogP contribution is 2.25. The molecule has 0 bridgehead atoms. The summed E-state index contributed by atoms with van der Waals surface area (Å²) >= 11 is 0. The van der Waals surface area contributed by atoms with Crippen LogP contribution in [-0.2, 0) is 0 Å². The quantitative estimate of drug-likeness (QED) is 0.649.